The molecule has 0 spiro atoms. The molecule has 0 aliphatic carbocycles. The quantitative estimate of drug-likeness (QED) is 0.0649. The number of unbranched alkanes of at least 4 members (excludes halogenated alkanes) is 34. The third-order valence-corrected chi connectivity index (χ3v) is 9.34. The zero-order valence-corrected chi connectivity index (χ0v) is 29.3. The van der Waals surface area contributed by atoms with Gasteiger partial charge in [0.2, 0.25) is 0 Å². The van der Waals surface area contributed by atoms with Gasteiger partial charge >= 0.3 is 0 Å². The summed E-state index contributed by atoms with van der Waals surface area (Å²) in [5.41, 5.74) is 0. The summed E-state index contributed by atoms with van der Waals surface area (Å²) < 4.78 is 0. The maximum absolute atomic E-state index is 4.79. The predicted octanol–water partition coefficient (Wildman–Crippen LogP) is 14.7. The van der Waals surface area contributed by atoms with Crippen LogP contribution in [0.2, 0.25) is 0 Å². The van der Waals surface area contributed by atoms with Crippen LogP contribution in [0.5, 0.6) is 0 Å². The van der Waals surface area contributed by atoms with Crippen molar-refractivity contribution in [3.8, 4) is 0 Å². The predicted molar refractivity (Wildman–Crippen MR) is 189 cm³/mol. The Morgan fingerprint density at radius 3 is 0.512 bits per heavy atom. The van der Waals surface area contributed by atoms with Crippen molar-refractivity contribution < 1.29 is 0 Å². The van der Waals surface area contributed by atoms with E-state index in [0.717, 1.165) is 13.1 Å². The largest absolute Gasteiger partial charge is 0.242 e. The molecule has 0 aromatic carbocycles. The van der Waals surface area contributed by atoms with Crippen LogP contribution < -0.4 is 5.32 Å². The molecular formula is C40H82N. The van der Waals surface area contributed by atoms with Gasteiger partial charge in [0.25, 0.3) is 0 Å². The number of rotatable bonds is 38. The van der Waals surface area contributed by atoms with Crippen LogP contribution in [0.3, 0.4) is 0 Å². The van der Waals surface area contributed by atoms with Gasteiger partial charge in [-0.1, -0.05) is 232 Å². The molecule has 0 amide bonds. The first-order valence-electron chi connectivity index (χ1n) is 20.0. The topological polar surface area (TPSA) is 14.1 Å². The molecule has 1 heteroatoms. The maximum Gasteiger partial charge on any atom is 0.0133 e. The molecular weight excluding hydrogens is 494 g/mol. The van der Waals surface area contributed by atoms with Gasteiger partial charge < -0.3 is 0 Å². The molecule has 1 radical (unpaired) electrons. The lowest BCUT2D eigenvalue weighted by Gasteiger charge is -2.05. The molecule has 0 fully saturated rings. The zero-order valence-electron chi connectivity index (χ0n) is 29.3. The van der Waals surface area contributed by atoms with Crippen molar-refractivity contribution >= 4 is 0 Å². The normalized spacial score (nSPS) is 11.6. The Morgan fingerprint density at radius 2 is 0.341 bits per heavy atom. The lowest BCUT2D eigenvalue weighted by atomic mass is 10.0. The molecule has 0 rings (SSSR count). The average molecular weight is 577 g/mol. The fourth-order valence-electron chi connectivity index (χ4n) is 6.36. The van der Waals surface area contributed by atoms with Crippen molar-refractivity contribution in [1.82, 2.24) is 5.32 Å². The van der Waals surface area contributed by atoms with Gasteiger partial charge in [-0.25, -0.2) is 5.32 Å². The highest BCUT2D eigenvalue weighted by molar-refractivity contribution is 4.54. The highest BCUT2D eigenvalue weighted by Gasteiger charge is 1.97. The number of hydrogen-bond donors (Lipinski definition) is 0. The smallest absolute Gasteiger partial charge is 0.0133 e. The highest BCUT2D eigenvalue weighted by atomic mass is 14.8. The summed E-state index contributed by atoms with van der Waals surface area (Å²) in [5.74, 6) is 0. The van der Waals surface area contributed by atoms with E-state index in [0.29, 0.717) is 0 Å². The first-order chi connectivity index (χ1) is 20.4. The SMILES string of the molecule is CCCCCCCCCCCCCCCCCCCC[N]CCCCCCCCCCCCCCCCCCCC. The van der Waals surface area contributed by atoms with Crippen LogP contribution in [0.4, 0.5) is 0 Å². The highest BCUT2D eigenvalue weighted by Crippen LogP contribution is 2.16. The third kappa shape index (κ3) is 40.0. The van der Waals surface area contributed by atoms with Crippen LogP contribution in [-0.4, -0.2) is 13.1 Å². The van der Waals surface area contributed by atoms with Crippen molar-refractivity contribution in [2.45, 2.75) is 245 Å². The second-order valence-electron chi connectivity index (χ2n) is 13.7. The Labute approximate surface area is 263 Å². The molecule has 0 saturated carbocycles. The molecule has 1 nitrogen and oxygen atoms in total. The summed E-state index contributed by atoms with van der Waals surface area (Å²) in [7, 11) is 0. The first kappa shape index (κ1) is 41.0. The summed E-state index contributed by atoms with van der Waals surface area (Å²) in [5, 5.41) is 4.79. The number of nitrogens with zero attached hydrogens (tertiary/aromatic N) is 1. The number of hydrogen-bond acceptors (Lipinski definition) is 0. The lowest BCUT2D eigenvalue weighted by molar-refractivity contribution is 0.512. The first-order valence-corrected chi connectivity index (χ1v) is 20.0. The molecule has 0 aliphatic heterocycles. The minimum Gasteiger partial charge on any atom is -0.242 e. The van der Waals surface area contributed by atoms with E-state index < -0.39 is 0 Å². The van der Waals surface area contributed by atoms with Crippen molar-refractivity contribution in [2.24, 2.45) is 0 Å². The van der Waals surface area contributed by atoms with Gasteiger partial charge in [0, 0.05) is 13.1 Å². The van der Waals surface area contributed by atoms with Crippen LogP contribution in [0.25, 0.3) is 0 Å². The van der Waals surface area contributed by atoms with E-state index in [1.165, 1.54) is 231 Å². The molecule has 247 valence electrons. The second kappa shape index (κ2) is 40.0. The van der Waals surface area contributed by atoms with E-state index in [9.17, 15) is 0 Å². The molecule has 0 heterocycles. The zero-order chi connectivity index (χ0) is 29.6. The van der Waals surface area contributed by atoms with E-state index in [2.05, 4.69) is 13.8 Å². The Bertz CT molecular complexity index is 381. The Kier molecular flexibility index (Phi) is 39.9. The molecule has 0 aromatic heterocycles. The fraction of sp³-hybridized carbons (Fsp3) is 1.00. The van der Waals surface area contributed by atoms with Crippen LogP contribution in [0, 0.1) is 0 Å². The maximum atomic E-state index is 4.79. The van der Waals surface area contributed by atoms with E-state index in [-0.39, 0.29) is 0 Å². The third-order valence-electron chi connectivity index (χ3n) is 9.34. The van der Waals surface area contributed by atoms with Gasteiger partial charge in [0.05, 0.1) is 0 Å². The van der Waals surface area contributed by atoms with Crippen LogP contribution in [-0.2, 0) is 0 Å². The van der Waals surface area contributed by atoms with Crippen LogP contribution >= 0.6 is 0 Å². The molecule has 0 aromatic rings. The molecule has 0 N–H and O–H groups in total. The summed E-state index contributed by atoms with van der Waals surface area (Å²) in [4.78, 5) is 0. The average Bonchev–Trinajstić information content (AvgIpc) is 2.98. The van der Waals surface area contributed by atoms with Gasteiger partial charge in [-0.2, -0.15) is 0 Å². The Balaban J connectivity index is 3.02. The van der Waals surface area contributed by atoms with Gasteiger partial charge in [-0.3, -0.25) is 0 Å². The molecule has 0 bridgehead atoms. The molecule has 0 atom stereocenters. The van der Waals surface area contributed by atoms with E-state index in [1.807, 2.05) is 0 Å². The standard InChI is InChI=1S/C40H82N/c1-3-5-7-9-11-13-15-17-19-21-23-25-27-29-31-33-35-37-39-41-40-38-36-34-32-30-28-26-24-22-20-18-16-14-12-10-8-6-4-2/h3-40H2,1-2H3. The molecule has 0 unspecified atom stereocenters. The monoisotopic (exact) mass is 577 g/mol. The van der Waals surface area contributed by atoms with Gasteiger partial charge in [0.1, 0.15) is 0 Å². The van der Waals surface area contributed by atoms with Crippen molar-refractivity contribution in [3.63, 3.8) is 0 Å². The summed E-state index contributed by atoms with van der Waals surface area (Å²) >= 11 is 0. The van der Waals surface area contributed by atoms with E-state index in [1.54, 1.807) is 0 Å². The Morgan fingerprint density at radius 1 is 0.195 bits per heavy atom. The van der Waals surface area contributed by atoms with Crippen LogP contribution in [0.15, 0.2) is 0 Å². The summed E-state index contributed by atoms with van der Waals surface area (Å²) in [6.07, 6.45) is 52.3. The van der Waals surface area contributed by atoms with Crippen molar-refractivity contribution in [2.75, 3.05) is 13.1 Å². The molecule has 41 heavy (non-hydrogen) atoms. The van der Waals surface area contributed by atoms with Crippen molar-refractivity contribution in [1.29, 1.82) is 0 Å². The van der Waals surface area contributed by atoms with Crippen molar-refractivity contribution in [3.05, 3.63) is 0 Å². The van der Waals surface area contributed by atoms with Crippen LogP contribution in [0.1, 0.15) is 245 Å². The van der Waals surface area contributed by atoms with E-state index >= 15 is 0 Å². The van der Waals surface area contributed by atoms with Gasteiger partial charge in [0.15, 0.2) is 0 Å². The van der Waals surface area contributed by atoms with Gasteiger partial charge in [-0.05, 0) is 12.8 Å². The fourth-order valence-corrected chi connectivity index (χ4v) is 6.36. The minimum atomic E-state index is 1.12. The Hall–Kier alpha value is -0.0400. The second-order valence-corrected chi connectivity index (χ2v) is 13.7. The summed E-state index contributed by atoms with van der Waals surface area (Å²) in [6, 6.07) is 0. The molecule has 0 aliphatic rings. The molecule has 0 saturated heterocycles. The van der Waals surface area contributed by atoms with E-state index in [4.69, 9.17) is 5.32 Å². The minimum absolute atomic E-state index is 1.12. The summed E-state index contributed by atoms with van der Waals surface area (Å²) in [6.45, 7) is 6.86. The lowest BCUT2D eigenvalue weighted by Crippen LogP contribution is -2.08. The van der Waals surface area contributed by atoms with Gasteiger partial charge in [-0.15, -0.1) is 0 Å².